The number of hydrogen-bond acceptors (Lipinski definition) is 4. The van der Waals surface area contributed by atoms with Gasteiger partial charge in [-0.15, -0.1) is 17.5 Å². The third-order valence-electron chi connectivity index (χ3n) is 5.74. The van der Waals surface area contributed by atoms with Crippen molar-refractivity contribution in [1.29, 1.82) is 0 Å². The largest absolute Gasteiger partial charge is 0.348 e. The van der Waals surface area contributed by atoms with Gasteiger partial charge in [0.1, 0.15) is 0 Å². The highest BCUT2D eigenvalue weighted by atomic mass is 35.5. The van der Waals surface area contributed by atoms with Crippen molar-refractivity contribution in [3.63, 3.8) is 0 Å². The Labute approximate surface area is 184 Å². The number of halogens is 3. The second-order valence-electron chi connectivity index (χ2n) is 7.87. The van der Waals surface area contributed by atoms with Gasteiger partial charge in [0.05, 0.1) is 10.7 Å². The predicted octanol–water partition coefficient (Wildman–Crippen LogP) is 4.40. The molecule has 29 heavy (non-hydrogen) atoms. The monoisotopic (exact) mass is 453 g/mol. The van der Waals surface area contributed by atoms with Crippen molar-refractivity contribution in [1.82, 2.24) is 24.5 Å². The molecule has 3 heterocycles. The lowest BCUT2D eigenvalue weighted by molar-refractivity contribution is 0.202. The SMILES string of the molecule is Cl.O=c1[nH]c(-c2ccc(Cl)cc2Cl)cc2nc(C3CCN(CC4CC4)CC3)nn12. The molecule has 1 aromatic carbocycles. The highest BCUT2D eigenvalue weighted by Gasteiger charge is 2.29. The zero-order chi connectivity index (χ0) is 19.3. The lowest BCUT2D eigenvalue weighted by Gasteiger charge is -2.30. The van der Waals surface area contributed by atoms with Crippen LogP contribution in [0.3, 0.4) is 0 Å². The summed E-state index contributed by atoms with van der Waals surface area (Å²) in [5.41, 5.74) is 1.55. The first-order valence-electron chi connectivity index (χ1n) is 9.74. The lowest BCUT2D eigenvalue weighted by Crippen LogP contribution is -2.34. The molecule has 0 unspecified atom stereocenters. The van der Waals surface area contributed by atoms with Gasteiger partial charge >= 0.3 is 5.69 Å². The summed E-state index contributed by atoms with van der Waals surface area (Å²) in [6.07, 6.45) is 4.85. The van der Waals surface area contributed by atoms with Gasteiger partial charge in [0.2, 0.25) is 0 Å². The molecule has 2 aliphatic rings. The molecule has 0 radical (unpaired) electrons. The first-order valence-corrected chi connectivity index (χ1v) is 10.5. The van der Waals surface area contributed by atoms with E-state index in [9.17, 15) is 4.79 Å². The van der Waals surface area contributed by atoms with Crippen LogP contribution in [0, 0.1) is 5.92 Å². The van der Waals surface area contributed by atoms with Gasteiger partial charge in [-0.25, -0.2) is 9.78 Å². The van der Waals surface area contributed by atoms with E-state index in [1.807, 2.05) is 6.07 Å². The van der Waals surface area contributed by atoms with E-state index in [-0.39, 0.29) is 18.1 Å². The topological polar surface area (TPSA) is 66.3 Å². The Bertz CT molecular complexity index is 1080. The van der Waals surface area contributed by atoms with Gasteiger partial charge in [0.25, 0.3) is 0 Å². The summed E-state index contributed by atoms with van der Waals surface area (Å²) < 4.78 is 1.35. The molecule has 2 aromatic heterocycles. The minimum absolute atomic E-state index is 0. The van der Waals surface area contributed by atoms with Crippen LogP contribution >= 0.6 is 35.6 Å². The third-order valence-corrected chi connectivity index (χ3v) is 6.29. The standard InChI is InChI=1S/C20H21Cl2N5O.ClH/c21-14-3-4-15(16(22)9-14)17-10-18-24-19(25-27(18)20(28)23-17)13-5-7-26(8-6-13)11-12-1-2-12;/h3-4,9-10,12-13H,1-2,5-8,11H2,(H,23,28);1H. The Morgan fingerprint density at radius 1 is 1.10 bits per heavy atom. The molecule has 0 bridgehead atoms. The number of hydrogen-bond donors (Lipinski definition) is 1. The summed E-state index contributed by atoms with van der Waals surface area (Å²) in [5.74, 6) is 1.98. The summed E-state index contributed by atoms with van der Waals surface area (Å²) in [6, 6.07) is 7.01. The molecule has 0 amide bonds. The summed E-state index contributed by atoms with van der Waals surface area (Å²) in [5, 5.41) is 5.53. The maximum atomic E-state index is 12.6. The van der Waals surface area contributed by atoms with Crippen molar-refractivity contribution in [3.05, 3.63) is 50.6 Å². The molecule has 3 aromatic rings. The first-order chi connectivity index (χ1) is 13.6. The van der Waals surface area contributed by atoms with Gasteiger partial charge in [-0.05, 0) is 62.9 Å². The van der Waals surface area contributed by atoms with E-state index in [2.05, 4.69) is 20.0 Å². The summed E-state index contributed by atoms with van der Waals surface area (Å²) in [4.78, 5) is 22.6. The third kappa shape index (κ3) is 4.31. The van der Waals surface area contributed by atoms with E-state index < -0.39 is 0 Å². The van der Waals surface area contributed by atoms with Gasteiger partial charge in [0, 0.05) is 29.1 Å². The van der Waals surface area contributed by atoms with Crippen molar-refractivity contribution in [2.75, 3.05) is 19.6 Å². The van der Waals surface area contributed by atoms with Crippen molar-refractivity contribution < 1.29 is 0 Å². The van der Waals surface area contributed by atoms with Crippen molar-refractivity contribution in [3.8, 4) is 11.3 Å². The molecule has 1 saturated carbocycles. The number of nitrogens with zero attached hydrogens (tertiary/aromatic N) is 4. The summed E-state index contributed by atoms with van der Waals surface area (Å²) in [7, 11) is 0. The molecule has 1 N–H and O–H groups in total. The smallest absolute Gasteiger partial charge is 0.305 e. The van der Waals surface area contributed by atoms with E-state index in [1.54, 1.807) is 18.2 Å². The summed E-state index contributed by atoms with van der Waals surface area (Å²) in [6.45, 7) is 3.40. The average molecular weight is 455 g/mol. The molecular formula is C20H22Cl3N5O. The molecule has 0 atom stereocenters. The number of aromatic nitrogens is 4. The van der Waals surface area contributed by atoms with Gasteiger partial charge in [-0.1, -0.05) is 23.2 Å². The van der Waals surface area contributed by atoms with Crippen LogP contribution in [-0.2, 0) is 0 Å². The maximum absolute atomic E-state index is 12.6. The zero-order valence-electron chi connectivity index (χ0n) is 15.8. The summed E-state index contributed by atoms with van der Waals surface area (Å²) >= 11 is 12.3. The lowest BCUT2D eigenvalue weighted by atomic mass is 9.96. The number of piperidine rings is 1. The van der Waals surface area contributed by atoms with Gasteiger partial charge in [0.15, 0.2) is 11.5 Å². The van der Waals surface area contributed by atoms with Crippen LogP contribution in [0.25, 0.3) is 16.9 Å². The van der Waals surface area contributed by atoms with E-state index >= 15 is 0 Å². The molecular weight excluding hydrogens is 433 g/mol. The fraction of sp³-hybridized carbons (Fsp3) is 0.450. The van der Waals surface area contributed by atoms with Crippen molar-refractivity contribution in [2.45, 2.75) is 31.6 Å². The Kier molecular flexibility index (Phi) is 5.89. The van der Waals surface area contributed by atoms with Gasteiger partial charge < -0.3 is 9.88 Å². The Morgan fingerprint density at radius 3 is 2.55 bits per heavy atom. The molecule has 2 fully saturated rings. The first kappa shape index (κ1) is 20.7. The molecule has 154 valence electrons. The second-order valence-corrected chi connectivity index (χ2v) is 8.71. The number of likely N-dealkylation sites (tertiary alicyclic amines) is 1. The fourth-order valence-corrected chi connectivity index (χ4v) is 4.49. The number of benzene rings is 1. The normalized spacial score (nSPS) is 18.1. The minimum Gasteiger partial charge on any atom is -0.305 e. The quantitative estimate of drug-likeness (QED) is 0.634. The van der Waals surface area contributed by atoms with Crippen molar-refractivity contribution >= 4 is 41.3 Å². The van der Waals surface area contributed by atoms with Crippen LogP contribution in [-0.4, -0.2) is 44.1 Å². The second kappa shape index (κ2) is 8.26. The van der Waals surface area contributed by atoms with Crippen LogP contribution in [0.2, 0.25) is 10.0 Å². The molecule has 0 spiro atoms. The Morgan fingerprint density at radius 2 is 1.86 bits per heavy atom. The highest BCUT2D eigenvalue weighted by molar-refractivity contribution is 6.36. The van der Waals surface area contributed by atoms with Crippen molar-refractivity contribution in [2.24, 2.45) is 5.92 Å². The molecule has 5 rings (SSSR count). The number of fused-ring (bicyclic) bond motifs is 1. The van der Waals surface area contributed by atoms with Crippen LogP contribution < -0.4 is 5.69 Å². The van der Waals surface area contributed by atoms with Crippen LogP contribution in [0.1, 0.15) is 37.4 Å². The fourth-order valence-electron chi connectivity index (χ4n) is 3.98. The number of H-pyrrole nitrogens is 1. The Hall–Kier alpha value is -1.60. The molecule has 1 aliphatic carbocycles. The minimum atomic E-state index is -0.316. The van der Waals surface area contributed by atoms with Crippen LogP contribution in [0.5, 0.6) is 0 Å². The maximum Gasteiger partial charge on any atom is 0.348 e. The number of nitrogens with one attached hydrogen (secondary N) is 1. The van der Waals surface area contributed by atoms with Gasteiger partial charge in [-0.2, -0.15) is 4.52 Å². The van der Waals surface area contributed by atoms with Gasteiger partial charge in [-0.3, -0.25) is 0 Å². The van der Waals surface area contributed by atoms with E-state index in [0.29, 0.717) is 32.9 Å². The Balaban J connectivity index is 0.00000205. The molecule has 6 nitrogen and oxygen atoms in total. The molecule has 1 aliphatic heterocycles. The van der Waals surface area contributed by atoms with E-state index in [4.69, 9.17) is 23.2 Å². The van der Waals surface area contributed by atoms with Crippen LogP contribution in [0.15, 0.2) is 29.1 Å². The average Bonchev–Trinajstić information content (AvgIpc) is 3.37. The predicted molar refractivity (Wildman–Crippen MR) is 117 cm³/mol. The molecule has 1 saturated heterocycles. The highest BCUT2D eigenvalue weighted by Crippen LogP contribution is 2.33. The van der Waals surface area contributed by atoms with E-state index in [1.165, 1.54) is 23.9 Å². The van der Waals surface area contributed by atoms with E-state index in [0.717, 1.165) is 37.7 Å². The molecule has 9 heteroatoms. The van der Waals surface area contributed by atoms with Crippen LogP contribution in [0.4, 0.5) is 0 Å². The number of aromatic amines is 1. The zero-order valence-corrected chi connectivity index (χ0v) is 18.1. The number of rotatable bonds is 4.